The van der Waals surface area contributed by atoms with Gasteiger partial charge >= 0.3 is 11.9 Å². The highest BCUT2D eigenvalue weighted by atomic mass is 19.1. The molecule has 0 radical (unpaired) electrons. The molecule has 0 saturated carbocycles. The Morgan fingerprint density at radius 1 is 0.914 bits per heavy atom. The number of halogens is 1. The van der Waals surface area contributed by atoms with E-state index in [0.717, 1.165) is 0 Å². The molecule has 2 rings (SSSR count). The zero-order valence-corrected chi connectivity index (χ0v) is 20.5. The van der Waals surface area contributed by atoms with Gasteiger partial charge in [0.15, 0.2) is 0 Å². The molecule has 2 amide bonds. The largest absolute Gasteiger partial charge is 0.467 e. The van der Waals surface area contributed by atoms with Gasteiger partial charge in [-0.1, -0.05) is 24.3 Å². The van der Waals surface area contributed by atoms with Crippen LogP contribution in [0, 0.1) is 5.82 Å². The first-order valence-electron chi connectivity index (χ1n) is 11.1. The zero-order valence-electron chi connectivity index (χ0n) is 20.5. The monoisotopic (exact) mass is 486 g/mol. The summed E-state index contributed by atoms with van der Waals surface area (Å²) in [5.41, 5.74) is 0.884. The number of nitrogens with one attached hydrogen (secondary N) is 2. The van der Waals surface area contributed by atoms with Crippen LogP contribution in [0.5, 0.6) is 0 Å². The molecule has 188 valence electrons. The molecule has 0 aliphatic rings. The van der Waals surface area contributed by atoms with Crippen LogP contribution in [0.4, 0.5) is 4.39 Å². The second kappa shape index (κ2) is 12.1. The third-order valence-corrected chi connectivity index (χ3v) is 4.85. The van der Waals surface area contributed by atoms with E-state index in [9.17, 15) is 23.6 Å². The number of rotatable bonds is 9. The lowest BCUT2D eigenvalue weighted by molar-refractivity contribution is -0.145. The van der Waals surface area contributed by atoms with Gasteiger partial charge in [-0.2, -0.15) is 0 Å². The lowest BCUT2D eigenvalue weighted by Crippen LogP contribution is -2.53. The Morgan fingerprint density at radius 3 is 2.09 bits per heavy atom. The molecule has 2 N–H and O–H groups in total. The van der Waals surface area contributed by atoms with Crippen LogP contribution in [0.15, 0.2) is 48.5 Å². The molecule has 2 atom stereocenters. The van der Waals surface area contributed by atoms with Crippen LogP contribution >= 0.6 is 0 Å². The van der Waals surface area contributed by atoms with Crippen molar-refractivity contribution in [2.45, 2.75) is 58.2 Å². The molecular weight excluding hydrogens is 455 g/mol. The van der Waals surface area contributed by atoms with E-state index in [1.54, 1.807) is 51.1 Å². The van der Waals surface area contributed by atoms with Gasteiger partial charge in [0.05, 0.1) is 12.7 Å². The molecular formula is C26H31FN2O6. The molecule has 0 bridgehead atoms. The third kappa shape index (κ3) is 9.19. The molecule has 0 spiro atoms. The number of hydrogen-bond acceptors (Lipinski definition) is 6. The topological polar surface area (TPSA) is 111 Å². The van der Waals surface area contributed by atoms with Crippen molar-refractivity contribution in [2.24, 2.45) is 0 Å². The number of carbonyl (C=O) groups is 4. The standard InChI is InChI=1S/C26H31FN2O6/c1-16(30)28-21(15-18-7-6-8-20(27)13-18)23(31)29-22(25(33)34-5)14-17-9-11-19(12-10-17)24(32)35-26(2,3)4/h6-13,21-22H,14-15H2,1-5H3,(H,28,30)(H,29,31)/t21-,22+/m0/s1. The van der Waals surface area contributed by atoms with Crippen molar-refractivity contribution in [1.29, 1.82) is 0 Å². The Balaban J connectivity index is 2.15. The van der Waals surface area contributed by atoms with Crippen molar-refractivity contribution in [2.75, 3.05) is 7.11 Å². The van der Waals surface area contributed by atoms with E-state index in [-0.39, 0.29) is 12.8 Å². The van der Waals surface area contributed by atoms with Crippen LogP contribution in [0.2, 0.25) is 0 Å². The summed E-state index contributed by atoms with van der Waals surface area (Å²) in [6, 6.07) is 10.1. The SMILES string of the molecule is COC(=O)[C@@H](Cc1ccc(C(=O)OC(C)(C)C)cc1)NC(=O)[C@H](Cc1cccc(F)c1)NC(C)=O. The van der Waals surface area contributed by atoms with Crippen molar-refractivity contribution in [3.63, 3.8) is 0 Å². The molecule has 0 unspecified atom stereocenters. The highest BCUT2D eigenvalue weighted by Gasteiger charge is 2.27. The number of methoxy groups -OCH3 is 1. The van der Waals surface area contributed by atoms with Gasteiger partial charge in [0, 0.05) is 19.8 Å². The molecule has 0 fully saturated rings. The average molecular weight is 487 g/mol. The maximum Gasteiger partial charge on any atom is 0.338 e. The number of ether oxygens (including phenoxy) is 2. The fraction of sp³-hybridized carbons (Fsp3) is 0.385. The van der Waals surface area contributed by atoms with Crippen LogP contribution < -0.4 is 10.6 Å². The van der Waals surface area contributed by atoms with Crippen LogP contribution in [-0.2, 0) is 36.7 Å². The Hall–Kier alpha value is -3.75. The summed E-state index contributed by atoms with van der Waals surface area (Å²) < 4.78 is 23.7. The number of carbonyl (C=O) groups excluding carboxylic acids is 4. The summed E-state index contributed by atoms with van der Waals surface area (Å²) in [5.74, 6) is -2.69. The molecule has 9 heteroatoms. The van der Waals surface area contributed by atoms with Crippen molar-refractivity contribution in [1.82, 2.24) is 10.6 Å². The maximum atomic E-state index is 13.6. The summed E-state index contributed by atoms with van der Waals surface area (Å²) in [6.45, 7) is 6.57. The molecule has 0 aliphatic heterocycles. The van der Waals surface area contributed by atoms with Crippen molar-refractivity contribution in [3.8, 4) is 0 Å². The van der Waals surface area contributed by atoms with E-state index in [4.69, 9.17) is 9.47 Å². The van der Waals surface area contributed by atoms with Crippen LogP contribution in [-0.4, -0.2) is 48.5 Å². The van der Waals surface area contributed by atoms with E-state index in [0.29, 0.717) is 16.7 Å². The van der Waals surface area contributed by atoms with Crippen LogP contribution in [0.3, 0.4) is 0 Å². The first kappa shape index (κ1) is 27.5. The van der Waals surface area contributed by atoms with Gasteiger partial charge in [0.1, 0.15) is 23.5 Å². The fourth-order valence-corrected chi connectivity index (χ4v) is 3.31. The second-order valence-corrected chi connectivity index (χ2v) is 9.07. The first-order chi connectivity index (χ1) is 16.4. The predicted molar refractivity (Wildman–Crippen MR) is 127 cm³/mol. The Kier molecular flexibility index (Phi) is 9.50. The van der Waals surface area contributed by atoms with Gasteiger partial charge in [-0.05, 0) is 56.2 Å². The normalized spacial score (nSPS) is 12.7. The quantitative estimate of drug-likeness (QED) is 0.528. The molecule has 2 aromatic carbocycles. The average Bonchev–Trinajstić information content (AvgIpc) is 2.76. The van der Waals surface area contributed by atoms with Gasteiger partial charge in [0.2, 0.25) is 11.8 Å². The highest BCUT2D eigenvalue weighted by molar-refractivity contribution is 5.91. The Morgan fingerprint density at radius 2 is 1.54 bits per heavy atom. The van der Waals surface area contributed by atoms with E-state index in [2.05, 4.69) is 10.6 Å². The van der Waals surface area contributed by atoms with Gasteiger partial charge < -0.3 is 20.1 Å². The van der Waals surface area contributed by atoms with Gasteiger partial charge in [-0.25, -0.2) is 14.0 Å². The summed E-state index contributed by atoms with van der Waals surface area (Å²) in [7, 11) is 1.20. The van der Waals surface area contributed by atoms with E-state index >= 15 is 0 Å². The number of hydrogen-bond donors (Lipinski definition) is 2. The third-order valence-electron chi connectivity index (χ3n) is 4.85. The molecule has 0 aliphatic carbocycles. The molecule has 0 saturated heterocycles. The lowest BCUT2D eigenvalue weighted by atomic mass is 10.0. The lowest BCUT2D eigenvalue weighted by Gasteiger charge is -2.22. The minimum Gasteiger partial charge on any atom is -0.467 e. The van der Waals surface area contributed by atoms with Crippen molar-refractivity contribution < 1.29 is 33.0 Å². The number of amides is 2. The Labute approximate surface area is 204 Å². The van der Waals surface area contributed by atoms with Gasteiger partial charge in [0.25, 0.3) is 0 Å². The summed E-state index contributed by atoms with van der Waals surface area (Å²) in [4.78, 5) is 49.2. The molecule has 0 heterocycles. The fourth-order valence-electron chi connectivity index (χ4n) is 3.31. The van der Waals surface area contributed by atoms with E-state index in [1.165, 1.54) is 32.2 Å². The molecule has 2 aromatic rings. The molecule has 35 heavy (non-hydrogen) atoms. The summed E-state index contributed by atoms with van der Waals surface area (Å²) >= 11 is 0. The second-order valence-electron chi connectivity index (χ2n) is 9.07. The predicted octanol–water partition coefficient (Wildman–Crippen LogP) is 2.73. The van der Waals surface area contributed by atoms with E-state index in [1.807, 2.05) is 0 Å². The minimum absolute atomic E-state index is 0.0294. The maximum absolute atomic E-state index is 13.6. The number of benzene rings is 2. The zero-order chi connectivity index (χ0) is 26.2. The van der Waals surface area contributed by atoms with Crippen molar-refractivity contribution in [3.05, 3.63) is 71.0 Å². The minimum atomic E-state index is -1.05. The highest BCUT2D eigenvalue weighted by Crippen LogP contribution is 2.14. The van der Waals surface area contributed by atoms with E-state index < -0.39 is 47.3 Å². The summed E-state index contributed by atoms with van der Waals surface area (Å²) in [5, 5.41) is 5.15. The molecule has 0 aromatic heterocycles. The van der Waals surface area contributed by atoms with Crippen LogP contribution in [0.1, 0.15) is 49.2 Å². The number of esters is 2. The van der Waals surface area contributed by atoms with Crippen molar-refractivity contribution >= 4 is 23.8 Å². The van der Waals surface area contributed by atoms with Gasteiger partial charge in [-0.15, -0.1) is 0 Å². The van der Waals surface area contributed by atoms with Gasteiger partial charge in [-0.3, -0.25) is 9.59 Å². The summed E-state index contributed by atoms with van der Waals surface area (Å²) in [6.07, 6.45) is 0.113. The molecule has 8 nitrogen and oxygen atoms in total. The smallest absolute Gasteiger partial charge is 0.338 e. The van der Waals surface area contributed by atoms with Crippen LogP contribution in [0.25, 0.3) is 0 Å². The Bertz CT molecular complexity index is 1060. The first-order valence-corrected chi connectivity index (χ1v) is 11.1.